The van der Waals surface area contributed by atoms with Crippen molar-refractivity contribution in [1.29, 1.82) is 0 Å². The molecule has 2 aromatic carbocycles. The topological polar surface area (TPSA) is 52.7 Å². The van der Waals surface area contributed by atoms with Crippen LogP contribution in [0.4, 0.5) is 16.2 Å². The number of hydrogen-bond donors (Lipinski definition) is 1. The van der Waals surface area contributed by atoms with Gasteiger partial charge in [-0.1, -0.05) is 32.0 Å². The Hall–Kier alpha value is -2.82. The first-order chi connectivity index (χ1) is 13.0. The monoisotopic (exact) mass is 363 g/mol. The first-order valence-corrected chi connectivity index (χ1v) is 9.60. The quantitative estimate of drug-likeness (QED) is 0.834. The van der Waals surface area contributed by atoms with Gasteiger partial charge in [0.2, 0.25) is 5.91 Å². The van der Waals surface area contributed by atoms with E-state index in [1.54, 1.807) is 4.90 Å². The number of amides is 3. The third-order valence-electron chi connectivity index (χ3n) is 5.49. The summed E-state index contributed by atoms with van der Waals surface area (Å²) in [7, 11) is 0. The summed E-state index contributed by atoms with van der Waals surface area (Å²) in [5, 5.41) is 2.98. The van der Waals surface area contributed by atoms with Crippen molar-refractivity contribution in [2.75, 3.05) is 23.3 Å². The van der Waals surface area contributed by atoms with E-state index in [-0.39, 0.29) is 11.9 Å². The number of hydrogen-bond acceptors (Lipinski definition) is 2. The van der Waals surface area contributed by atoms with Gasteiger partial charge in [0.05, 0.1) is 0 Å². The Kier molecular flexibility index (Phi) is 4.60. The van der Waals surface area contributed by atoms with Gasteiger partial charge in [-0.15, -0.1) is 0 Å². The van der Waals surface area contributed by atoms with Gasteiger partial charge in [0.15, 0.2) is 0 Å². The minimum Gasteiger partial charge on any atom is -0.320 e. The van der Waals surface area contributed by atoms with Gasteiger partial charge in [0, 0.05) is 37.4 Å². The second-order valence-corrected chi connectivity index (χ2v) is 7.58. The zero-order valence-electron chi connectivity index (χ0n) is 15.9. The van der Waals surface area contributed by atoms with Gasteiger partial charge < -0.3 is 15.1 Å². The van der Waals surface area contributed by atoms with Crippen LogP contribution >= 0.6 is 0 Å². The molecule has 1 fully saturated rings. The summed E-state index contributed by atoms with van der Waals surface area (Å²) in [5.74, 6) is 0.650. The van der Waals surface area contributed by atoms with Crippen LogP contribution in [0.5, 0.6) is 0 Å². The van der Waals surface area contributed by atoms with E-state index >= 15 is 0 Å². The van der Waals surface area contributed by atoms with Crippen LogP contribution in [0.2, 0.25) is 0 Å². The van der Waals surface area contributed by atoms with Crippen LogP contribution < -0.4 is 10.2 Å². The minimum atomic E-state index is -0.0802. The van der Waals surface area contributed by atoms with Crippen molar-refractivity contribution in [3.05, 3.63) is 59.2 Å². The van der Waals surface area contributed by atoms with Crippen LogP contribution in [0.25, 0.3) is 0 Å². The van der Waals surface area contributed by atoms with Gasteiger partial charge in [-0.2, -0.15) is 0 Å². The largest absolute Gasteiger partial charge is 0.322 e. The van der Waals surface area contributed by atoms with Crippen LogP contribution in [0.15, 0.2) is 42.5 Å². The molecule has 0 saturated carbocycles. The molecule has 1 saturated heterocycles. The molecule has 2 aromatic rings. The summed E-state index contributed by atoms with van der Waals surface area (Å²) in [4.78, 5) is 27.8. The van der Waals surface area contributed by atoms with Gasteiger partial charge in [-0.25, -0.2) is 4.79 Å². The van der Waals surface area contributed by atoms with Crippen LogP contribution in [-0.4, -0.2) is 29.9 Å². The highest BCUT2D eigenvalue weighted by Gasteiger charge is 2.25. The average Bonchev–Trinajstić information content (AvgIpc) is 2.67. The lowest BCUT2D eigenvalue weighted by molar-refractivity contribution is -0.122. The van der Waals surface area contributed by atoms with Gasteiger partial charge >= 0.3 is 6.03 Å². The molecule has 0 unspecified atom stereocenters. The lowest BCUT2D eigenvalue weighted by atomic mass is 9.89. The van der Waals surface area contributed by atoms with E-state index in [0.29, 0.717) is 18.9 Å². The van der Waals surface area contributed by atoms with E-state index in [1.165, 1.54) is 16.7 Å². The predicted molar refractivity (Wildman–Crippen MR) is 107 cm³/mol. The Bertz CT molecular complexity index is 874. The van der Waals surface area contributed by atoms with Gasteiger partial charge in [0.25, 0.3) is 0 Å². The van der Waals surface area contributed by atoms with Gasteiger partial charge in [-0.05, 0) is 53.3 Å². The van der Waals surface area contributed by atoms with Crippen molar-refractivity contribution in [2.24, 2.45) is 0 Å². The maximum absolute atomic E-state index is 12.7. The van der Waals surface area contributed by atoms with E-state index in [1.807, 2.05) is 29.2 Å². The molecule has 0 radical (unpaired) electrons. The Balaban J connectivity index is 1.42. The Morgan fingerprint density at radius 1 is 1.04 bits per heavy atom. The first-order valence-electron chi connectivity index (χ1n) is 9.60. The highest BCUT2D eigenvalue weighted by molar-refractivity contribution is 5.99. The lowest BCUT2D eigenvalue weighted by Gasteiger charge is -2.31. The highest BCUT2D eigenvalue weighted by Crippen LogP contribution is 2.28. The smallest absolute Gasteiger partial charge is 0.320 e. The SMILES string of the molecule is CC(C)c1cccc2c1CCN(C(=O)Nc1ccc(N3CCC3=O)cc1)C2. The molecule has 0 atom stereocenters. The molecule has 3 amide bonds. The molecule has 4 rings (SSSR count). The standard InChI is InChI=1S/C22H25N3O2/c1-15(2)19-5-3-4-16-14-24(12-10-20(16)19)22(27)23-17-6-8-18(9-7-17)25-13-11-21(25)26/h3-9,15H,10-14H2,1-2H3,(H,23,27). The molecular formula is C22H25N3O2. The fraction of sp³-hybridized carbons (Fsp3) is 0.364. The number of carbonyl (C=O) groups excluding carboxylic acids is 2. The molecular weight excluding hydrogens is 338 g/mol. The van der Waals surface area contributed by atoms with Crippen molar-refractivity contribution in [1.82, 2.24) is 4.90 Å². The molecule has 140 valence electrons. The molecule has 2 aliphatic rings. The first kappa shape index (κ1) is 17.6. The number of urea groups is 1. The number of benzene rings is 2. The lowest BCUT2D eigenvalue weighted by Crippen LogP contribution is -2.43. The van der Waals surface area contributed by atoms with Gasteiger partial charge in [-0.3, -0.25) is 4.79 Å². The molecule has 0 aliphatic carbocycles. The Labute approximate surface area is 160 Å². The fourth-order valence-electron chi connectivity index (χ4n) is 3.87. The second kappa shape index (κ2) is 7.06. The third kappa shape index (κ3) is 3.42. The molecule has 2 aliphatic heterocycles. The summed E-state index contributed by atoms with van der Waals surface area (Å²) in [6.07, 6.45) is 1.51. The maximum atomic E-state index is 12.7. The van der Waals surface area contributed by atoms with Gasteiger partial charge in [0.1, 0.15) is 0 Å². The summed E-state index contributed by atoms with van der Waals surface area (Å²) in [6, 6.07) is 13.8. The normalized spacial score (nSPS) is 16.2. The number of β-lactam (4-membered cyclic amide) rings is 1. The van der Waals surface area contributed by atoms with Crippen molar-refractivity contribution in [3.63, 3.8) is 0 Å². The van der Waals surface area contributed by atoms with Crippen molar-refractivity contribution >= 4 is 23.3 Å². The Morgan fingerprint density at radius 2 is 1.81 bits per heavy atom. The summed E-state index contributed by atoms with van der Waals surface area (Å²) >= 11 is 0. The highest BCUT2D eigenvalue weighted by atomic mass is 16.2. The van der Waals surface area contributed by atoms with Crippen LogP contribution in [-0.2, 0) is 17.8 Å². The van der Waals surface area contributed by atoms with Crippen molar-refractivity contribution in [3.8, 4) is 0 Å². The zero-order valence-corrected chi connectivity index (χ0v) is 15.9. The number of fused-ring (bicyclic) bond motifs is 1. The van der Waals surface area contributed by atoms with E-state index in [2.05, 4.69) is 37.4 Å². The summed E-state index contributed by atoms with van der Waals surface area (Å²) in [5.41, 5.74) is 5.67. The average molecular weight is 363 g/mol. The maximum Gasteiger partial charge on any atom is 0.322 e. The number of nitrogens with zero attached hydrogens (tertiary/aromatic N) is 2. The number of anilines is 2. The van der Waals surface area contributed by atoms with Crippen molar-refractivity contribution in [2.45, 2.75) is 39.2 Å². The Morgan fingerprint density at radius 3 is 2.44 bits per heavy atom. The summed E-state index contributed by atoms with van der Waals surface area (Å²) in [6.45, 7) is 6.57. The number of nitrogens with one attached hydrogen (secondary N) is 1. The molecule has 0 bridgehead atoms. The molecule has 5 nitrogen and oxygen atoms in total. The van der Waals surface area contributed by atoms with Crippen LogP contribution in [0, 0.1) is 0 Å². The van der Waals surface area contributed by atoms with Crippen molar-refractivity contribution < 1.29 is 9.59 Å². The molecule has 2 heterocycles. The van der Waals surface area contributed by atoms with Crippen LogP contribution in [0.1, 0.15) is 42.9 Å². The molecule has 27 heavy (non-hydrogen) atoms. The van der Waals surface area contributed by atoms with E-state index in [0.717, 1.165) is 30.9 Å². The van der Waals surface area contributed by atoms with E-state index in [9.17, 15) is 9.59 Å². The number of rotatable bonds is 3. The third-order valence-corrected chi connectivity index (χ3v) is 5.49. The molecule has 1 N–H and O–H groups in total. The molecule has 0 spiro atoms. The fourth-order valence-corrected chi connectivity index (χ4v) is 3.87. The van der Waals surface area contributed by atoms with E-state index < -0.39 is 0 Å². The molecule has 0 aromatic heterocycles. The van der Waals surface area contributed by atoms with Crippen LogP contribution in [0.3, 0.4) is 0 Å². The number of carbonyl (C=O) groups is 2. The predicted octanol–water partition coefficient (Wildman–Crippen LogP) is 4.14. The van der Waals surface area contributed by atoms with E-state index in [4.69, 9.17) is 0 Å². The second-order valence-electron chi connectivity index (χ2n) is 7.58. The molecule has 5 heteroatoms. The minimum absolute atomic E-state index is 0.0802. The summed E-state index contributed by atoms with van der Waals surface area (Å²) < 4.78 is 0. The zero-order chi connectivity index (χ0) is 19.0.